The molecule has 5 heteroatoms. The first kappa shape index (κ1) is 32.3. The first-order chi connectivity index (χ1) is 18.4. The van der Waals surface area contributed by atoms with E-state index in [1.807, 2.05) is 63.8 Å². The number of ether oxygens (including phenoxy) is 1. The molecule has 5 nitrogen and oxygen atoms in total. The molecule has 0 aliphatic carbocycles. The lowest BCUT2D eigenvalue weighted by Crippen LogP contribution is -2.11. The summed E-state index contributed by atoms with van der Waals surface area (Å²) in [6, 6.07) is 14.6. The lowest BCUT2D eigenvalue weighted by atomic mass is 10.0. The predicted molar refractivity (Wildman–Crippen MR) is 166 cm³/mol. The monoisotopic (exact) mass is 516 g/mol. The maximum atomic E-state index is 5.62. The van der Waals surface area contributed by atoms with Crippen LogP contribution in [0, 0.1) is 13.8 Å². The smallest absolute Gasteiger partial charge is 0.122 e. The third-order valence-electron chi connectivity index (χ3n) is 5.63. The van der Waals surface area contributed by atoms with Crippen molar-refractivity contribution in [3.8, 4) is 16.9 Å². The van der Waals surface area contributed by atoms with E-state index in [0.717, 1.165) is 58.1 Å². The van der Waals surface area contributed by atoms with Crippen molar-refractivity contribution in [2.24, 2.45) is 0 Å². The Bertz CT molecular complexity index is 1170. The van der Waals surface area contributed by atoms with Crippen molar-refractivity contribution in [3.05, 3.63) is 96.0 Å². The number of nitrogens with zero attached hydrogens (tertiary/aromatic N) is 2. The molecule has 3 rings (SSSR count). The molecule has 1 aromatic heterocycles. The molecule has 2 N–H and O–H groups in total. The molecular formula is C33H48N4O. The highest BCUT2D eigenvalue weighted by Gasteiger charge is 2.09. The van der Waals surface area contributed by atoms with Gasteiger partial charge in [0.25, 0.3) is 0 Å². The Balaban J connectivity index is 0.00000172. The van der Waals surface area contributed by atoms with Gasteiger partial charge in [-0.2, -0.15) is 5.10 Å². The van der Waals surface area contributed by atoms with Crippen molar-refractivity contribution in [3.63, 3.8) is 0 Å². The highest BCUT2D eigenvalue weighted by atomic mass is 16.5. The molecule has 0 spiro atoms. The van der Waals surface area contributed by atoms with Crippen molar-refractivity contribution in [2.75, 3.05) is 13.2 Å². The Kier molecular flexibility index (Phi) is 15.0. The number of hydrogen-bond donors (Lipinski definition) is 2. The zero-order valence-electron chi connectivity index (χ0n) is 24.8. The van der Waals surface area contributed by atoms with Gasteiger partial charge in [0.1, 0.15) is 5.75 Å². The summed E-state index contributed by atoms with van der Waals surface area (Å²) < 4.78 is 7.49. The molecule has 0 bridgehead atoms. The Morgan fingerprint density at radius 1 is 1.00 bits per heavy atom. The van der Waals surface area contributed by atoms with Crippen LogP contribution in [-0.4, -0.2) is 22.9 Å². The van der Waals surface area contributed by atoms with Crippen molar-refractivity contribution < 1.29 is 4.74 Å². The molecular weight excluding hydrogens is 468 g/mol. The van der Waals surface area contributed by atoms with Crippen molar-refractivity contribution in [1.29, 1.82) is 0 Å². The Hall–Kier alpha value is -3.73. The molecule has 0 fully saturated rings. The van der Waals surface area contributed by atoms with E-state index in [0.29, 0.717) is 13.2 Å². The van der Waals surface area contributed by atoms with E-state index >= 15 is 0 Å². The van der Waals surface area contributed by atoms with Crippen LogP contribution in [0.1, 0.15) is 70.3 Å². The minimum Gasteiger partial charge on any atom is -0.494 e. The number of aryl methyl sites for hydroxylation is 1. The van der Waals surface area contributed by atoms with Crippen LogP contribution < -0.4 is 15.4 Å². The molecule has 0 radical (unpaired) electrons. The van der Waals surface area contributed by atoms with Gasteiger partial charge in [0.05, 0.1) is 12.8 Å². The predicted octanol–water partition coefficient (Wildman–Crippen LogP) is 8.36. The summed E-state index contributed by atoms with van der Waals surface area (Å²) in [7, 11) is 0. The lowest BCUT2D eigenvalue weighted by Gasteiger charge is -2.11. The highest BCUT2D eigenvalue weighted by Crippen LogP contribution is 2.26. The Morgan fingerprint density at radius 3 is 2.39 bits per heavy atom. The van der Waals surface area contributed by atoms with Crippen LogP contribution in [0.3, 0.4) is 0 Å². The van der Waals surface area contributed by atoms with E-state index in [1.165, 1.54) is 5.56 Å². The van der Waals surface area contributed by atoms with Gasteiger partial charge in [-0.3, -0.25) is 0 Å². The molecule has 0 aliphatic rings. The maximum absolute atomic E-state index is 5.62. The van der Waals surface area contributed by atoms with E-state index in [9.17, 15) is 0 Å². The van der Waals surface area contributed by atoms with Gasteiger partial charge >= 0.3 is 0 Å². The minimum absolute atomic E-state index is 0.672. The molecule has 206 valence electrons. The molecule has 38 heavy (non-hydrogen) atoms. The van der Waals surface area contributed by atoms with Gasteiger partial charge < -0.3 is 15.4 Å². The first-order valence-electron chi connectivity index (χ1n) is 13.8. The zero-order chi connectivity index (χ0) is 28.5. The summed E-state index contributed by atoms with van der Waals surface area (Å²) in [6.07, 6.45) is 6.85. The third kappa shape index (κ3) is 9.62. The van der Waals surface area contributed by atoms with Gasteiger partial charge in [0, 0.05) is 41.9 Å². The molecule has 2 aromatic carbocycles. The quantitative estimate of drug-likeness (QED) is 0.237. The minimum atomic E-state index is 0.672. The number of hydrogen-bond acceptors (Lipinski definition) is 4. The largest absolute Gasteiger partial charge is 0.494 e. The zero-order valence-corrected chi connectivity index (χ0v) is 24.8. The van der Waals surface area contributed by atoms with Crippen LogP contribution >= 0.6 is 0 Å². The van der Waals surface area contributed by atoms with E-state index in [4.69, 9.17) is 4.74 Å². The van der Waals surface area contributed by atoms with E-state index in [1.54, 1.807) is 0 Å². The summed E-state index contributed by atoms with van der Waals surface area (Å²) in [5.74, 6) is 0.932. The number of rotatable bonds is 12. The molecule has 0 atom stereocenters. The Morgan fingerprint density at radius 2 is 1.74 bits per heavy atom. The van der Waals surface area contributed by atoms with E-state index < -0.39 is 0 Å². The van der Waals surface area contributed by atoms with Gasteiger partial charge in [-0.1, -0.05) is 78.1 Å². The summed E-state index contributed by atoms with van der Waals surface area (Å²) in [6.45, 7) is 26.9. The van der Waals surface area contributed by atoms with Gasteiger partial charge in [-0.15, -0.1) is 0 Å². The highest BCUT2D eigenvalue weighted by molar-refractivity contribution is 5.72. The normalized spacial score (nSPS) is 10.1. The number of benzene rings is 2. The van der Waals surface area contributed by atoms with Gasteiger partial charge in [-0.05, 0) is 67.7 Å². The fourth-order valence-electron chi connectivity index (χ4n) is 3.68. The first-order valence-corrected chi connectivity index (χ1v) is 13.8. The maximum Gasteiger partial charge on any atom is 0.122 e. The molecule has 0 amide bonds. The topological polar surface area (TPSA) is 51.1 Å². The second-order valence-corrected chi connectivity index (χ2v) is 8.30. The third-order valence-corrected chi connectivity index (χ3v) is 5.63. The summed E-state index contributed by atoms with van der Waals surface area (Å²) in [5.41, 5.74) is 8.46. The van der Waals surface area contributed by atoms with Gasteiger partial charge in [-0.25, -0.2) is 4.68 Å². The molecule has 0 saturated heterocycles. The number of allylic oxidation sites excluding steroid dienone is 1. The standard InChI is InChI=1S/C29H36N4O.2C2H6/c1-7-15-30-23(5)26-10-9-11-27(18-26)28-20-32-33(24(28)6)16-14-22(4)31-19-25-12-13-29(34-8-2)21(3)17-25;2*1-2/h9-14,16-18,20,30-31H,4-5,7-8,15,19H2,1-3,6H3;2*1-2H3/b16-14-;;. The molecule has 3 aromatic rings. The average molecular weight is 517 g/mol. The van der Waals surface area contributed by atoms with Crippen molar-refractivity contribution in [2.45, 2.75) is 68.4 Å². The SMILES string of the molecule is C=C(/C=C\n1ncc(-c2cccc(C(=C)NCCC)c2)c1C)NCc1ccc(OCC)c(C)c1.CC.CC. The molecule has 1 heterocycles. The second-order valence-electron chi connectivity index (χ2n) is 8.30. The number of nitrogens with one attached hydrogen (secondary N) is 2. The number of aromatic nitrogens is 2. The average Bonchev–Trinajstić information content (AvgIpc) is 3.33. The van der Waals surface area contributed by atoms with Crippen molar-refractivity contribution in [1.82, 2.24) is 20.4 Å². The molecule has 0 saturated carbocycles. The fraction of sp³-hybridized carbons (Fsp3) is 0.364. The molecule has 0 unspecified atom stereocenters. The lowest BCUT2D eigenvalue weighted by molar-refractivity contribution is 0.338. The van der Waals surface area contributed by atoms with Crippen molar-refractivity contribution >= 4 is 11.9 Å². The van der Waals surface area contributed by atoms with Crippen LogP contribution in [-0.2, 0) is 6.54 Å². The summed E-state index contributed by atoms with van der Waals surface area (Å²) in [5, 5.41) is 11.3. The van der Waals surface area contributed by atoms with E-state index in [-0.39, 0.29) is 0 Å². The summed E-state index contributed by atoms with van der Waals surface area (Å²) in [4.78, 5) is 0. The van der Waals surface area contributed by atoms with Crippen LogP contribution in [0.2, 0.25) is 0 Å². The van der Waals surface area contributed by atoms with Crippen LogP contribution in [0.25, 0.3) is 23.0 Å². The Labute approximate surface area is 231 Å². The van der Waals surface area contributed by atoms with Crippen LogP contribution in [0.5, 0.6) is 5.75 Å². The second kappa shape index (κ2) is 17.7. The van der Waals surface area contributed by atoms with E-state index in [2.05, 4.69) is 86.1 Å². The molecule has 0 aliphatic heterocycles. The van der Waals surface area contributed by atoms with Crippen LogP contribution in [0.4, 0.5) is 0 Å². The van der Waals surface area contributed by atoms with Crippen LogP contribution in [0.15, 0.2) is 73.6 Å². The fourth-order valence-corrected chi connectivity index (χ4v) is 3.68. The van der Waals surface area contributed by atoms with Gasteiger partial charge in [0.2, 0.25) is 0 Å². The summed E-state index contributed by atoms with van der Waals surface area (Å²) >= 11 is 0. The van der Waals surface area contributed by atoms with Gasteiger partial charge in [0.15, 0.2) is 0 Å².